The average molecular weight is 452 g/mol. The average Bonchev–Trinajstić information content (AvgIpc) is 3.49. The zero-order valence-corrected chi connectivity index (χ0v) is 19.5. The van der Waals surface area contributed by atoms with Gasteiger partial charge in [0.15, 0.2) is 6.61 Å². The molecule has 4 aliphatic rings. The predicted octanol–water partition coefficient (Wildman–Crippen LogP) is 2.66. The van der Waals surface area contributed by atoms with Gasteiger partial charge in [-0.2, -0.15) is 0 Å². The minimum atomic E-state index is -1.09. The van der Waals surface area contributed by atoms with E-state index in [-0.39, 0.29) is 30.3 Å². The lowest BCUT2D eigenvalue weighted by Gasteiger charge is -2.30. The highest BCUT2D eigenvalue weighted by Gasteiger charge is 2.52. The number of ether oxygens (including phenoxy) is 1. The largest absolute Gasteiger partial charge is 0.480 e. The van der Waals surface area contributed by atoms with Crippen LogP contribution in [0.3, 0.4) is 0 Å². The molecular weight excluding hydrogens is 414 g/mol. The van der Waals surface area contributed by atoms with Crippen LogP contribution in [0.4, 0.5) is 0 Å². The summed E-state index contributed by atoms with van der Waals surface area (Å²) < 4.78 is 4.79. The van der Waals surface area contributed by atoms with Gasteiger partial charge in [0.1, 0.15) is 6.54 Å². The van der Waals surface area contributed by atoms with E-state index < -0.39 is 18.5 Å². The maximum absolute atomic E-state index is 11.8. The van der Waals surface area contributed by atoms with Crippen LogP contribution in [0.5, 0.6) is 0 Å². The second-order valence-electron chi connectivity index (χ2n) is 10.6. The monoisotopic (exact) mass is 451 g/mol. The van der Waals surface area contributed by atoms with Crippen molar-refractivity contribution in [1.29, 1.82) is 0 Å². The summed E-state index contributed by atoms with van der Waals surface area (Å²) in [7, 11) is 0. The van der Waals surface area contributed by atoms with Gasteiger partial charge in [-0.15, -0.1) is 0 Å². The number of rotatable bonds is 6. The first-order valence-corrected chi connectivity index (χ1v) is 11.9. The SMILES string of the molecule is CC1C2CC(C(=O)NCC(=O)O)C(C2)C1C.CC1C2CC(C(=O)OCC(=O)O)C(C2)C1C. The van der Waals surface area contributed by atoms with Gasteiger partial charge in [-0.1, -0.05) is 27.7 Å². The molecule has 3 N–H and O–H groups in total. The summed E-state index contributed by atoms with van der Waals surface area (Å²) in [5.41, 5.74) is 0. The molecule has 4 fully saturated rings. The van der Waals surface area contributed by atoms with Crippen molar-refractivity contribution in [3.63, 3.8) is 0 Å². The fourth-order valence-corrected chi connectivity index (χ4v) is 6.99. The molecule has 4 rings (SSSR count). The number of amides is 1. The standard InChI is InChI=1S/C12H19NO3.C12H18O4/c1-6-7(2)9-3-8(6)4-10(9)12(16)13-5-11(14)15;1-6-7(2)9-3-8(6)4-10(9)12(15)16-5-11(13)14/h6-10H,3-5H2,1-2H3,(H,13,16)(H,14,15);6-10H,3-5H2,1-2H3,(H,13,14). The quantitative estimate of drug-likeness (QED) is 0.529. The summed E-state index contributed by atoms with van der Waals surface area (Å²) >= 11 is 0. The van der Waals surface area contributed by atoms with Crippen LogP contribution in [-0.2, 0) is 23.9 Å². The summed E-state index contributed by atoms with van der Waals surface area (Å²) in [5.74, 6) is 2.28. The number of fused-ring (bicyclic) bond motifs is 4. The molecular formula is C24H37NO7. The Bertz CT molecular complexity index is 687. The summed E-state index contributed by atoms with van der Waals surface area (Å²) in [6.45, 7) is 8.15. The number of nitrogens with one attached hydrogen (secondary N) is 1. The van der Waals surface area contributed by atoms with E-state index in [2.05, 4.69) is 33.0 Å². The number of esters is 1. The molecule has 0 heterocycles. The normalized spacial score (nSPS) is 41.0. The molecule has 0 spiro atoms. The summed E-state index contributed by atoms with van der Waals surface area (Å²) in [6.07, 6.45) is 4.08. The second-order valence-corrected chi connectivity index (χ2v) is 10.6. The Morgan fingerprint density at radius 3 is 1.69 bits per heavy atom. The Balaban J connectivity index is 0.000000181. The molecule has 0 saturated heterocycles. The van der Waals surface area contributed by atoms with Gasteiger partial charge in [0.2, 0.25) is 5.91 Å². The van der Waals surface area contributed by atoms with Crippen LogP contribution < -0.4 is 5.32 Å². The van der Waals surface area contributed by atoms with Gasteiger partial charge in [-0.25, -0.2) is 4.79 Å². The molecule has 32 heavy (non-hydrogen) atoms. The van der Waals surface area contributed by atoms with E-state index in [1.54, 1.807) is 0 Å². The molecule has 0 radical (unpaired) electrons. The van der Waals surface area contributed by atoms with Crippen molar-refractivity contribution in [3.8, 4) is 0 Å². The van der Waals surface area contributed by atoms with Gasteiger partial charge in [-0.05, 0) is 73.0 Å². The number of hydrogen-bond donors (Lipinski definition) is 3. The van der Waals surface area contributed by atoms with Crippen molar-refractivity contribution < 1.29 is 34.1 Å². The minimum absolute atomic E-state index is 0.0514. The highest BCUT2D eigenvalue weighted by atomic mass is 16.5. The molecule has 8 nitrogen and oxygen atoms in total. The Morgan fingerprint density at radius 2 is 1.25 bits per heavy atom. The lowest BCUT2D eigenvalue weighted by molar-refractivity contribution is -0.160. The van der Waals surface area contributed by atoms with Crippen molar-refractivity contribution in [1.82, 2.24) is 5.32 Å². The Morgan fingerprint density at radius 1 is 0.750 bits per heavy atom. The number of carbonyl (C=O) groups is 4. The lowest BCUT2D eigenvalue weighted by atomic mass is 9.75. The lowest BCUT2D eigenvalue weighted by Crippen LogP contribution is -2.39. The van der Waals surface area contributed by atoms with Crippen molar-refractivity contribution in [2.45, 2.75) is 53.4 Å². The van der Waals surface area contributed by atoms with Gasteiger partial charge < -0.3 is 20.3 Å². The molecule has 0 aromatic rings. The number of aliphatic carboxylic acids is 2. The topological polar surface area (TPSA) is 130 Å². The van der Waals surface area contributed by atoms with Crippen molar-refractivity contribution in [2.75, 3.05) is 13.2 Å². The molecule has 4 aliphatic carbocycles. The van der Waals surface area contributed by atoms with Crippen LogP contribution >= 0.6 is 0 Å². The number of carboxylic acids is 2. The summed E-state index contributed by atoms with van der Waals surface area (Å²) in [4.78, 5) is 44.2. The summed E-state index contributed by atoms with van der Waals surface area (Å²) in [6, 6.07) is 0. The zero-order valence-electron chi connectivity index (χ0n) is 19.5. The van der Waals surface area contributed by atoms with Crippen LogP contribution in [-0.4, -0.2) is 47.2 Å². The highest BCUT2D eigenvalue weighted by Crippen LogP contribution is 2.56. The first-order chi connectivity index (χ1) is 15.0. The molecule has 10 atom stereocenters. The smallest absolute Gasteiger partial charge is 0.341 e. The van der Waals surface area contributed by atoms with E-state index in [1.165, 1.54) is 0 Å². The van der Waals surface area contributed by atoms with Gasteiger partial charge in [-0.3, -0.25) is 14.4 Å². The van der Waals surface area contributed by atoms with E-state index in [9.17, 15) is 19.2 Å². The Hall–Kier alpha value is -2.12. The fourth-order valence-electron chi connectivity index (χ4n) is 6.99. The zero-order chi connectivity index (χ0) is 23.7. The molecule has 10 unspecified atom stereocenters. The van der Waals surface area contributed by atoms with Crippen molar-refractivity contribution in [3.05, 3.63) is 0 Å². The van der Waals surface area contributed by atoms with E-state index in [0.29, 0.717) is 47.3 Å². The van der Waals surface area contributed by atoms with Crippen LogP contribution in [0.25, 0.3) is 0 Å². The number of carboxylic acid groups (broad SMARTS) is 2. The first-order valence-electron chi connectivity index (χ1n) is 11.9. The molecule has 4 saturated carbocycles. The van der Waals surface area contributed by atoms with Gasteiger partial charge in [0.05, 0.1) is 5.92 Å². The summed E-state index contributed by atoms with van der Waals surface area (Å²) in [5, 5.41) is 19.5. The van der Waals surface area contributed by atoms with Crippen molar-refractivity contribution >= 4 is 23.8 Å². The van der Waals surface area contributed by atoms with E-state index in [4.69, 9.17) is 14.9 Å². The fraction of sp³-hybridized carbons (Fsp3) is 0.833. The third-order valence-electron chi connectivity index (χ3n) is 9.18. The molecule has 0 aliphatic heterocycles. The maximum atomic E-state index is 11.8. The minimum Gasteiger partial charge on any atom is -0.480 e. The number of hydrogen-bond acceptors (Lipinski definition) is 5. The molecule has 0 aromatic carbocycles. The molecule has 4 bridgehead atoms. The Kier molecular flexibility index (Phi) is 7.50. The van der Waals surface area contributed by atoms with E-state index in [0.717, 1.165) is 25.7 Å². The maximum Gasteiger partial charge on any atom is 0.341 e. The van der Waals surface area contributed by atoms with Crippen LogP contribution in [0, 0.1) is 59.2 Å². The van der Waals surface area contributed by atoms with Crippen LogP contribution in [0.2, 0.25) is 0 Å². The molecule has 0 aromatic heterocycles. The number of carbonyl (C=O) groups excluding carboxylic acids is 2. The van der Waals surface area contributed by atoms with Crippen LogP contribution in [0.15, 0.2) is 0 Å². The molecule has 180 valence electrons. The second kappa shape index (κ2) is 9.79. The third kappa shape index (κ3) is 4.94. The van der Waals surface area contributed by atoms with E-state index >= 15 is 0 Å². The third-order valence-corrected chi connectivity index (χ3v) is 9.18. The predicted molar refractivity (Wildman–Crippen MR) is 115 cm³/mol. The highest BCUT2D eigenvalue weighted by molar-refractivity contribution is 5.83. The van der Waals surface area contributed by atoms with E-state index in [1.807, 2.05) is 0 Å². The Labute approximate surface area is 189 Å². The van der Waals surface area contributed by atoms with Crippen molar-refractivity contribution in [2.24, 2.45) is 59.2 Å². The van der Waals surface area contributed by atoms with Gasteiger partial charge >= 0.3 is 17.9 Å². The van der Waals surface area contributed by atoms with Gasteiger partial charge in [0, 0.05) is 5.92 Å². The first kappa shape index (κ1) is 24.5. The van der Waals surface area contributed by atoms with Gasteiger partial charge in [0.25, 0.3) is 0 Å². The van der Waals surface area contributed by atoms with Crippen LogP contribution in [0.1, 0.15) is 53.4 Å². The molecule has 8 heteroatoms. The molecule has 1 amide bonds.